The SMILES string of the molecule is CN(C)C(=O)[C@@H]1[C@@H]2CN(C3CC4COCC(C3)N4c3nc(C(F)(F)F)no3)C[C@@H]21. The van der Waals surface area contributed by atoms with E-state index in [1.807, 2.05) is 4.90 Å². The Balaban J connectivity index is 1.25. The van der Waals surface area contributed by atoms with Crippen molar-refractivity contribution in [2.24, 2.45) is 17.8 Å². The number of rotatable bonds is 3. The molecule has 3 saturated heterocycles. The monoisotopic (exact) mass is 415 g/mol. The number of alkyl halides is 3. The highest BCUT2D eigenvalue weighted by Crippen LogP contribution is 2.53. The number of hydrogen-bond donors (Lipinski definition) is 0. The number of hydrogen-bond acceptors (Lipinski definition) is 7. The van der Waals surface area contributed by atoms with E-state index in [1.165, 1.54) is 0 Å². The number of morpholine rings is 1. The third-order valence-electron chi connectivity index (χ3n) is 6.85. The average molecular weight is 415 g/mol. The van der Waals surface area contributed by atoms with Crippen molar-refractivity contribution in [2.45, 2.75) is 37.1 Å². The summed E-state index contributed by atoms with van der Waals surface area (Å²) in [5.41, 5.74) is 0. The third-order valence-corrected chi connectivity index (χ3v) is 6.85. The molecule has 2 bridgehead atoms. The van der Waals surface area contributed by atoms with Gasteiger partial charge in [-0.25, -0.2) is 0 Å². The maximum Gasteiger partial charge on any atom is 0.455 e. The molecule has 1 aliphatic carbocycles. The molecule has 160 valence electrons. The predicted molar refractivity (Wildman–Crippen MR) is 93.9 cm³/mol. The largest absolute Gasteiger partial charge is 0.455 e. The maximum absolute atomic E-state index is 12.8. The van der Waals surface area contributed by atoms with E-state index in [0.717, 1.165) is 25.9 Å². The number of halogens is 3. The molecule has 0 spiro atoms. The molecule has 11 heteroatoms. The minimum absolute atomic E-state index is 0.0741. The Bertz CT molecular complexity index is 774. The molecule has 0 radical (unpaired) electrons. The summed E-state index contributed by atoms with van der Waals surface area (Å²) in [6.45, 7) is 2.69. The van der Waals surface area contributed by atoms with Crippen LogP contribution in [0.1, 0.15) is 18.7 Å². The van der Waals surface area contributed by atoms with E-state index in [1.54, 1.807) is 19.0 Å². The second kappa shape index (κ2) is 6.56. The van der Waals surface area contributed by atoms with Crippen LogP contribution >= 0.6 is 0 Å². The van der Waals surface area contributed by atoms with Crippen molar-refractivity contribution in [1.29, 1.82) is 0 Å². The molecule has 8 nitrogen and oxygen atoms in total. The Morgan fingerprint density at radius 2 is 1.72 bits per heavy atom. The Labute approximate surface area is 165 Å². The van der Waals surface area contributed by atoms with E-state index >= 15 is 0 Å². The van der Waals surface area contributed by atoms with Crippen LogP contribution < -0.4 is 4.90 Å². The third kappa shape index (κ3) is 3.18. The number of carbonyl (C=O) groups excluding carboxylic acids is 1. The normalized spacial score (nSPS) is 36.8. The van der Waals surface area contributed by atoms with Gasteiger partial charge in [0.25, 0.3) is 5.82 Å². The Kier molecular flexibility index (Phi) is 4.32. The minimum Gasteiger partial charge on any atom is -0.377 e. The highest BCUT2D eigenvalue weighted by Gasteiger charge is 2.61. The van der Waals surface area contributed by atoms with Crippen LogP contribution in [0.3, 0.4) is 0 Å². The van der Waals surface area contributed by atoms with E-state index in [2.05, 4.69) is 15.0 Å². The fraction of sp³-hybridized carbons (Fsp3) is 0.833. The molecule has 1 amide bonds. The van der Waals surface area contributed by atoms with Crippen LogP contribution in [0.4, 0.5) is 19.2 Å². The quantitative estimate of drug-likeness (QED) is 0.732. The molecule has 1 aromatic heterocycles. The van der Waals surface area contributed by atoms with Crippen LogP contribution in [0.15, 0.2) is 4.52 Å². The Morgan fingerprint density at radius 3 is 2.24 bits per heavy atom. The predicted octanol–water partition coefficient (Wildman–Crippen LogP) is 1.09. The number of likely N-dealkylation sites (tertiary alicyclic amines) is 1. The molecule has 0 N–H and O–H groups in total. The van der Waals surface area contributed by atoms with Gasteiger partial charge in [0.1, 0.15) is 0 Å². The van der Waals surface area contributed by atoms with Crippen LogP contribution in [-0.2, 0) is 15.7 Å². The average Bonchev–Trinajstić information content (AvgIpc) is 3.04. The number of carbonyl (C=O) groups is 1. The van der Waals surface area contributed by atoms with Crippen LogP contribution in [0.5, 0.6) is 0 Å². The molecule has 4 fully saturated rings. The summed E-state index contributed by atoms with van der Waals surface area (Å²) in [5.74, 6) is -0.00147. The zero-order valence-corrected chi connectivity index (χ0v) is 16.3. The number of ether oxygens (including phenoxy) is 1. The molecule has 5 rings (SSSR count). The molecule has 1 aromatic rings. The lowest BCUT2D eigenvalue weighted by atomic mass is 9.89. The summed E-state index contributed by atoms with van der Waals surface area (Å²) in [7, 11) is 3.60. The van der Waals surface area contributed by atoms with Crippen LogP contribution in [-0.4, -0.2) is 84.4 Å². The smallest absolute Gasteiger partial charge is 0.377 e. The van der Waals surface area contributed by atoms with E-state index in [-0.39, 0.29) is 29.9 Å². The highest BCUT2D eigenvalue weighted by molar-refractivity contribution is 5.82. The van der Waals surface area contributed by atoms with E-state index in [4.69, 9.17) is 9.26 Å². The lowest BCUT2D eigenvalue weighted by Crippen LogP contribution is -2.61. The molecule has 4 heterocycles. The van der Waals surface area contributed by atoms with Crippen molar-refractivity contribution in [1.82, 2.24) is 19.9 Å². The number of fused-ring (bicyclic) bond motifs is 3. The van der Waals surface area contributed by atoms with Crippen molar-refractivity contribution in [3.63, 3.8) is 0 Å². The van der Waals surface area contributed by atoms with Gasteiger partial charge >= 0.3 is 12.2 Å². The summed E-state index contributed by atoms with van der Waals surface area (Å²) in [6, 6.07) is 0.0726. The lowest BCUT2D eigenvalue weighted by molar-refractivity contribution is -0.146. The lowest BCUT2D eigenvalue weighted by Gasteiger charge is -2.49. The molecule has 2 unspecified atom stereocenters. The van der Waals surface area contributed by atoms with Gasteiger partial charge in [-0.15, -0.1) is 0 Å². The van der Waals surface area contributed by atoms with Gasteiger partial charge in [-0.2, -0.15) is 18.2 Å². The van der Waals surface area contributed by atoms with Gasteiger partial charge in [-0.1, -0.05) is 0 Å². The first-order valence-electron chi connectivity index (χ1n) is 9.96. The topological polar surface area (TPSA) is 74.9 Å². The summed E-state index contributed by atoms with van der Waals surface area (Å²) < 4.78 is 49.1. The van der Waals surface area contributed by atoms with Crippen LogP contribution in [0.2, 0.25) is 0 Å². The van der Waals surface area contributed by atoms with E-state index < -0.39 is 12.0 Å². The first-order chi connectivity index (χ1) is 13.7. The molecule has 4 aliphatic rings. The standard InChI is InChI=1S/C18H24F3N5O3/c1-24(2)15(27)14-12-5-25(6-13(12)14)9-3-10-7-28-8-11(4-9)26(10)17-22-16(23-29-17)18(19,20)21/h9-14H,3-8H2,1-2H3/t9?,10?,11?,12-,13+,14-. The highest BCUT2D eigenvalue weighted by atomic mass is 19.4. The fourth-order valence-electron chi connectivity index (χ4n) is 5.45. The molecule has 5 atom stereocenters. The zero-order valence-electron chi connectivity index (χ0n) is 16.3. The number of anilines is 1. The second-order valence-corrected chi connectivity index (χ2v) is 8.82. The molecule has 29 heavy (non-hydrogen) atoms. The van der Waals surface area contributed by atoms with Crippen LogP contribution in [0.25, 0.3) is 0 Å². The first kappa shape index (κ1) is 19.1. The van der Waals surface area contributed by atoms with Gasteiger partial charge in [0.05, 0.1) is 25.3 Å². The van der Waals surface area contributed by atoms with Crippen molar-refractivity contribution in [3.8, 4) is 0 Å². The summed E-state index contributed by atoms with van der Waals surface area (Å²) in [5, 5.41) is 3.10. The van der Waals surface area contributed by atoms with Crippen molar-refractivity contribution >= 4 is 11.9 Å². The molecular weight excluding hydrogens is 391 g/mol. The minimum atomic E-state index is -4.62. The molecule has 3 aliphatic heterocycles. The van der Waals surface area contributed by atoms with E-state index in [0.29, 0.717) is 31.1 Å². The van der Waals surface area contributed by atoms with Gasteiger partial charge in [0.2, 0.25) is 5.91 Å². The summed E-state index contributed by atoms with van der Waals surface area (Å²) in [6.07, 6.45) is -3.08. The van der Waals surface area contributed by atoms with Crippen molar-refractivity contribution < 1.29 is 27.2 Å². The second-order valence-electron chi connectivity index (χ2n) is 8.82. The zero-order chi connectivity index (χ0) is 20.5. The Morgan fingerprint density at radius 1 is 1.10 bits per heavy atom. The van der Waals surface area contributed by atoms with Gasteiger partial charge < -0.3 is 19.1 Å². The summed E-state index contributed by atoms with van der Waals surface area (Å²) in [4.78, 5) is 21.7. The van der Waals surface area contributed by atoms with Gasteiger partial charge in [0.15, 0.2) is 0 Å². The summed E-state index contributed by atoms with van der Waals surface area (Å²) >= 11 is 0. The van der Waals surface area contributed by atoms with Gasteiger partial charge in [0, 0.05) is 39.1 Å². The molecule has 0 aromatic carbocycles. The number of aromatic nitrogens is 2. The first-order valence-corrected chi connectivity index (χ1v) is 9.96. The van der Waals surface area contributed by atoms with Crippen LogP contribution in [0, 0.1) is 17.8 Å². The number of nitrogens with zero attached hydrogens (tertiary/aromatic N) is 5. The van der Waals surface area contributed by atoms with Gasteiger partial charge in [-0.3, -0.25) is 9.69 Å². The van der Waals surface area contributed by atoms with E-state index in [9.17, 15) is 18.0 Å². The Hall–Kier alpha value is -1.88. The maximum atomic E-state index is 12.8. The number of amides is 1. The number of piperidine rings is 2. The molecular formula is C18H24F3N5O3. The molecule has 1 saturated carbocycles. The fourth-order valence-corrected chi connectivity index (χ4v) is 5.45. The van der Waals surface area contributed by atoms with Gasteiger partial charge in [-0.05, 0) is 29.8 Å². The van der Waals surface area contributed by atoms with Crippen molar-refractivity contribution in [2.75, 3.05) is 45.3 Å². The van der Waals surface area contributed by atoms with Crippen molar-refractivity contribution in [3.05, 3.63) is 5.82 Å².